The fraction of sp³-hybridized carbons (Fsp3) is 0.250. The molecule has 30 heavy (non-hydrogen) atoms. The third-order valence-electron chi connectivity index (χ3n) is 4.95. The van der Waals surface area contributed by atoms with Crippen LogP contribution in [0.5, 0.6) is 5.75 Å². The molecule has 0 radical (unpaired) electrons. The summed E-state index contributed by atoms with van der Waals surface area (Å²) in [6.07, 6.45) is 3.04. The van der Waals surface area contributed by atoms with Gasteiger partial charge in [0.15, 0.2) is 5.76 Å². The van der Waals surface area contributed by atoms with E-state index in [1.54, 1.807) is 12.1 Å². The number of amides is 1. The van der Waals surface area contributed by atoms with Crippen molar-refractivity contribution in [3.8, 4) is 5.75 Å². The Balaban J connectivity index is 1.37. The van der Waals surface area contributed by atoms with E-state index in [-0.39, 0.29) is 5.91 Å². The number of imidazole rings is 1. The number of ether oxygens (including phenoxy) is 1. The van der Waals surface area contributed by atoms with E-state index in [0.29, 0.717) is 25.5 Å². The zero-order valence-corrected chi connectivity index (χ0v) is 17.0. The highest BCUT2D eigenvalue weighted by atomic mass is 16.5. The highest BCUT2D eigenvalue weighted by Crippen LogP contribution is 2.18. The molecule has 0 fully saturated rings. The summed E-state index contributed by atoms with van der Waals surface area (Å²) in [6, 6.07) is 19.6. The standard InChI is InChI=1S/C24H25N3O3/c1-18-10-12-19(13-11-18)29-17-15-27-21-7-3-2-6-20(21)26-23(27)9-4-14-25-24(28)22-8-5-16-30-22/h2-3,5-8,10-13,16H,4,9,14-15,17H2,1H3,(H,25,28). The van der Waals surface area contributed by atoms with Gasteiger partial charge >= 0.3 is 0 Å². The van der Waals surface area contributed by atoms with Crippen LogP contribution in [0.25, 0.3) is 11.0 Å². The minimum atomic E-state index is -0.194. The summed E-state index contributed by atoms with van der Waals surface area (Å²) in [5, 5.41) is 2.88. The van der Waals surface area contributed by atoms with Gasteiger partial charge in [0.2, 0.25) is 0 Å². The number of aromatic nitrogens is 2. The normalized spacial score (nSPS) is 11.0. The predicted octanol–water partition coefficient (Wildman–Crippen LogP) is 4.38. The number of carbonyl (C=O) groups excluding carboxylic acids is 1. The Morgan fingerprint density at radius 1 is 1.10 bits per heavy atom. The number of benzene rings is 2. The van der Waals surface area contributed by atoms with Crippen LogP contribution in [0.3, 0.4) is 0 Å². The van der Waals surface area contributed by atoms with E-state index >= 15 is 0 Å². The molecule has 2 heterocycles. The molecule has 0 unspecified atom stereocenters. The van der Waals surface area contributed by atoms with Gasteiger partial charge in [0, 0.05) is 13.0 Å². The number of hydrogen-bond donors (Lipinski definition) is 1. The summed E-state index contributed by atoms with van der Waals surface area (Å²) in [6.45, 7) is 3.89. The third kappa shape index (κ3) is 4.71. The molecular weight excluding hydrogens is 378 g/mol. The van der Waals surface area contributed by atoms with Gasteiger partial charge in [-0.2, -0.15) is 0 Å². The monoisotopic (exact) mass is 403 g/mol. The topological polar surface area (TPSA) is 69.3 Å². The number of furan rings is 1. The van der Waals surface area contributed by atoms with Crippen molar-refractivity contribution >= 4 is 16.9 Å². The van der Waals surface area contributed by atoms with Gasteiger partial charge in [-0.25, -0.2) is 4.98 Å². The van der Waals surface area contributed by atoms with Crippen LogP contribution in [0, 0.1) is 6.92 Å². The summed E-state index contributed by atoms with van der Waals surface area (Å²) < 4.78 is 13.2. The van der Waals surface area contributed by atoms with E-state index in [1.807, 2.05) is 42.5 Å². The number of aryl methyl sites for hydroxylation is 2. The van der Waals surface area contributed by atoms with Crippen molar-refractivity contribution < 1.29 is 13.9 Å². The first-order valence-electron chi connectivity index (χ1n) is 10.2. The molecule has 1 N–H and O–H groups in total. The highest BCUT2D eigenvalue weighted by Gasteiger charge is 2.11. The summed E-state index contributed by atoms with van der Waals surface area (Å²) in [5.74, 6) is 2.00. The highest BCUT2D eigenvalue weighted by molar-refractivity contribution is 5.91. The number of fused-ring (bicyclic) bond motifs is 1. The molecule has 2 aromatic heterocycles. The number of nitrogens with zero attached hydrogens (tertiary/aromatic N) is 2. The third-order valence-corrected chi connectivity index (χ3v) is 4.95. The van der Waals surface area contributed by atoms with Gasteiger partial charge in [0.05, 0.1) is 23.8 Å². The summed E-state index contributed by atoms with van der Waals surface area (Å²) in [4.78, 5) is 16.8. The minimum absolute atomic E-state index is 0.194. The van der Waals surface area contributed by atoms with Crippen LogP contribution in [-0.2, 0) is 13.0 Å². The number of rotatable bonds is 9. The quantitative estimate of drug-likeness (QED) is 0.421. The van der Waals surface area contributed by atoms with E-state index in [9.17, 15) is 4.79 Å². The Hall–Kier alpha value is -3.54. The lowest BCUT2D eigenvalue weighted by atomic mass is 10.2. The number of para-hydroxylation sites is 2. The van der Waals surface area contributed by atoms with Crippen molar-refractivity contribution in [2.75, 3.05) is 13.2 Å². The largest absolute Gasteiger partial charge is 0.492 e. The molecule has 0 aliphatic rings. The average molecular weight is 403 g/mol. The minimum Gasteiger partial charge on any atom is -0.492 e. The number of carbonyl (C=O) groups is 1. The van der Waals surface area contributed by atoms with Crippen molar-refractivity contribution in [3.63, 3.8) is 0 Å². The Kier molecular flexibility index (Phi) is 6.13. The molecule has 154 valence electrons. The maximum Gasteiger partial charge on any atom is 0.286 e. The Morgan fingerprint density at radius 2 is 1.93 bits per heavy atom. The fourth-order valence-corrected chi connectivity index (χ4v) is 3.40. The molecular formula is C24H25N3O3. The first-order chi connectivity index (χ1) is 14.7. The zero-order chi connectivity index (χ0) is 20.8. The SMILES string of the molecule is Cc1ccc(OCCn2c(CCCNC(=O)c3ccco3)nc3ccccc32)cc1. The van der Waals surface area contributed by atoms with Crippen LogP contribution in [0.15, 0.2) is 71.3 Å². The zero-order valence-electron chi connectivity index (χ0n) is 17.0. The smallest absolute Gasteiger partial charge is 0.286 e. The summed E-state index contributed by atoms with van der Waals surface area (Å²) in [7, 11) is 0. The molecule has 0 spiro atoms. The molecule has 2 aromatic carbocycles. The molecule has 4 rings (SSSR count). The lowest BCUT2D eigenvalue weighted by molar-refractivity contribution is 0.0925. The lowest BCUT2D eigenvalue weighted by Crippen LogP contribution is -2.24. The van der Waals surface area contributed by atoms with Crippen LogP contribution in [0.4, 0.5) is 0 Å². The Bertz CT molecular complexity index is 1100. The molecule has 6 nitrogen and oxygen atoms in total. The molecule has 0 saturated carbocycles. The van der Waals surface area contributed by atoms with E-state index in [2.05, 4.69) is 22.9 Å². The summed E-state index contributed by atoms with van der Waals surface area (Å²) >= 11 is 0. The number of hydrogen-bond acceptors (Lipinski definition) is 4. The van der Waals surface area contributed by atoms with E-state index < -0.39 is 0 Å². The molecule has 0 bridgehead atoms. The van der Waals surface area contributed by atoms with Gasteiger partial charge in [-0.1, -0.05) is 29.8 Å². The maximum absolute atomic E-state index is 12.0. The van der Waals surface area contributed by atoms with Crippen LogP contribution in [-0.4, -0.2) is 28.6 Å². The second-order valence-corrected chi connectivity index (χ2v) is 7.17. The second-order valence-electron chi connectivity index (χ2n) is 7.17. The molecule has 6 heteroatoms. The van der Waals surface area contributed by atoms with Crippen LogP contribution in [0.1, 0.15) is 28.4 Å². The van der Waals surface area contributed by atoms with Crippen LogP contribution >= 0.6 is 0 Å². The summed E-state index contributed by atoms with van der Waals surface area (Å²) in [5.41, 5.74) is 3.28. The van der Waals surface area contributed by atoms with Gasteiger partial charge in [0.25, 0.3) is 5.91 Å². The van der Waals surface area contributed by atoms with Crippen LogP contribution in [0.2, 0.25) is 0 Å². The van der Waals surface area contributed by atoms with Gasteiger partial charge in [-0.3, -0.25) is 4.79 Å². The van der Waals surface area contributed by atoms with Crippen molar-refractivity contribution in [1.82, 2.24) is 14.9 Å². The predicted molar refractivity (Wildman–Crippen MR) is 116 cm³/mol. The second kappa shape index (κ2) is 9.31. The molecule has 0 atom stereocenters. The van der Waals surface area contributed by atoms with Crippen molar-refractivity contribution in [1.29, 1.82) is 0 Å². The van der Waals surface area contributed by atoms with Gasteiger partial charge in [-0.15, -0.1) is 0 Å². The first kappa shape index (κ1) is 19.8. The van der Waals surface area contributed by atoms with E-state index in [4.69, 9.17) is 14.1 Å². The Labute approximate surface area is 175 Å². The molecule has 4 aromatic rings. The van der Waals surface area contributed by atoms with Gasteiger partial charge in [-0.05, 0) is 49.7 Å². The lowest BCUT2D eigenvalue weighted by Gasteiger charge is -2.11. The molecule has 0 aliphatic heterocycles. The van der Waals surface area contributed by atoms with Crippen LogP contribution < -0.4 is 10.1 Å². The molecule has 0 saturated heterocycles. The Morgan fingerprint density at radius 3 is 2.73 bits per heavy atom. The van der Waals surface area contributed by atoms with E-state index in [0.717, 1.165) is 35.4 Å². The maximum atomic E-state index is 12.0. The van der Waals surface area contributed by atoms with Gasteiger partial charge in [0.1, 0.15) is 18.2 Å². The molecule has 1 amide bonds. The van der Waals surface area contributed by atoms with Gasteiger partial charge < -0.3 is 19.0 Å². The first-order valence-corrected chi connectivity index (χ1v) is 10.2. The van der Waals surface area contributed by atoms with Crippen molar-refractivity contribution in [2.24, 2.45) is 0 Å². The van der Waals surface area contributed by atoms with E-state index in [1.165, 1.54) is 11.8 Å². The fourth-order valence-electron chi connectivity index (χ4n) is 3.40. The average Bonchev–Trinajstić information content (AvgIpc) is 3.41. The van der Waals surface area contributed by atoms with Crippen molar-refractivity contribution in [3.05, 3.63) is 84.1 Å². The van der Waals surface area contributed by atoms with Crippen molar-refractivity contribution in [2.45, 2.75) is 26.3 Å². The molecule has 0 aliphatic carbocycles. The number of nitrogens with one attached hydrogen (secondary N) is 1.